The molecule has 3 amide bonds. The summed E-state index contributed by atoms with van der Waals surface area (Å²) in [6.45, 7) is 8.00. The second kappa shape index (κ2) is 9.36. The summed E-state index contributed by atoms with van der Waals surface area (Å²) in [5.41, 5.74) is 5.33. The first-order chi connectivity index (χ1) is 17.9. The molecule has 2 aromatic rings. The van der Waals surface area contributed by atoms with Crippen LogP contribution in [0.15, 0.2) is 47.2 Å². The van der Waals surface area contributed by atoms with Gasteiger partial charge in [-0.15, -0.1) is 0 Å². The quantitative estimate of drug-likeness (QED) is 0.674. The number of hydrogen-bond acceptors (Lipinski definition) is 5. The first-order valence-electron chi connectivity index (χ1n) is 13.3. The summed E-state index contributed by atoms with van der Waals surface area (Å²) in [6, 6.07) is 7.90. The van der Waals surface area contributed by atoms with Crippen LogP contribution in [0.2, 0.25) is 0 Å². The van der Waals surface area contributed by atoms with Crippen molar-refractivity contribution in [2.24, 2.45) is 4.99 Å². The van der Waals surface area contributed by atoms with Crippen LogP contribution in [0.3, 0.4) is 0 Å². The third kappa shape index (κ3) is 4.51. The minimum absolute atomic E-state index is 0.00307. The fourth-order valence-electron chi connectivity index (χ4n) is 6.34. The van der Waals surface area contributed by atoms with Crippen molar-refractivity contribution in [2.75, 3.05) is 31.5 Å². The van der Waals surface area contributed by atoms with Gasteiger partial charge >= 0.3 is 6.03 Å². The number of H-pyrrole nitrogens is 1. The van der Waals surface area contributed by atoms with Crippen molar-refractivity contribution in [3.05, 3.63) is 59.1 Å². The van der Waals surface area contributed by atoms with Crippen molar-refractivity contribution >= 4 is 23.8 Å². The van der Waals surface area contributed by atoms with Crippen molar-refractivity contribution in [3.8, 4) is 0 Å². The number of allylic oxidation sites excluding steroid dienone is 1. The van der Waals surface area contributed by atoms with Crippen molar-refractivity contribution in [3.63, 3.8) is 0 Å². The molecule has 194 valence electrons. The van der Waals surface area contributed by atoms with Crippen LogP contribution in [-0.2, 0) is 23.2 Å². The fraction of sp³-hybridized carbons (Fsp3) is 0.500. The molecule has 0 spiro atoms. The third-order valence-corrected chi connectivity index (χ3v) is 8.33. The second-order valence-electron chi connectivity index (χ2n) is 11.3. The fourth-order valence-corrected chi connectivity index (χ4v) is 6.34. The Morgan fingerprint density at radius 2 is 1.92 bits per heavy atom. The maximum absolute atomic E-state index is 13.5. The lowest BCUT2D eigenvalue weighted by Crippen LogP contribution is -2.50. The highest BCUT2D eigenvalue weighted by molar-refractivity contribution is 5.91. The normalized spacial score (nSPS) is 23.6. The maximum atomic E-state index is 13.5. The highest BCUT2D eigenvalue weighted by Gasteiger charge is 2.38. The molecular weight excluding hydrogens is 466 g/mol. The number of fused-ring (bicyclic) bond motifs is 2. The zero-order chi connectivity index (χ0) is 25.6. The molecule has 0 radical (unpaired) electrons. The summed E-state index contributed by atoms with van der Waals surface area (Å²) in [6.07, 6.45) is 9.00. The number of anilines is 1. The number of para-hydroxylation sites is 1. The zero-order valence-corrected chi connectivity index (χ0v) is 21.6. The molecule has 6 rings (SSSR count). The van der Waals surface area contributed by atoms with E-state index in [0.29, 0.717) is 19.5 Å². The molecule has 1 fully saturated rings. The Morgan fingerprint density at radius 3 is 2.76 bits per heavy atom. The Balaban J connectivity index is 1.06. The number of likely N-dealkylation sites (tertiary alicyclic amines) is 1. The number of amides is 3. The molecule has 4 aliphatic rings. The molecule has 1 aromatic heterocycles. The van der Waals surface area contributed by atoms with Gasteiger partial charge in [0.25, 0.3) is 0 Å². The number of dihydropyridines is 1. The van der Waals surface area contributed by atoms with Crippen molar-refractivity contribution < 1.29 is 9.59 Å². The van der Waals surface area contributed by atoms with Gasteiger partial charge in [0, 0.05) is 79.5 Å². The number of piperidine rings is 1. The minimum atomic E-state index is -0.392. The van der Waals surface area contributed by atoms with Crippen LogP contribution in [0.25, 0.3) is 0 Å². The smallest absolute Gasteiger partial charge is 0.322 e. The van der Waals surface area contributed by atoms with Crippen molar-refractivity contribution in [1.29, 1.82) is 0 Å². The summed E-state index contributed by atoms with van der Waals surface area (Å²) in [5, 5.41) is 10.4. The van der Waals surface area contributed by atoms with E-state index in [1.165, 1.54) is 11.3 Å². The number of aromatic nitrogens is 2. The van der Waals surface area contributed by atoms with E-state index in [2.05, 4.69) is 45.3 Å². The number of carbonyl (C=O) groups is 2. The number of hydrogen-bond donors (Lipinski definition) is 2. The van der Waals surface area contributed by atoms with E-state index in [1.54, 1.807) is 6.21 Å². The summed E-state index contributed by atoms with van der Waals surface area (Å²) < 4.78 is 0. The number of rotatable bonds is 3. The Bertz CT molecular complexity index is 1250. The minimum Gasteiger partial charge on any atom is -0.375 e. The van der Waals surface area contributed by atoms with Crippen LogP contribution < -0.4 is 5.32 Å². The van der Waals surface area contributed by atoms with Gasteiger partial charge < -0.3 is 20.0 Å². The van der Waals surface area contributed by atoms with Gasteiger partial charge in [0.2, 0.25) is 5.91 Å². The monoisotopic (exact) mass is 501 g/mol. The summed E-state index contributed by atoms with van der Waals surface area (Å²) in [5.74, 6) is 0.0810. The van der Waals surface area contributed by atoms with E-state index in [4.69, 9.17) is 0 Å². The molecular formula is C28H35N7O2. The summed E-state index contributed by atoms with van der Waals surface area (Å²) in [7, 11) is 0. The number of aromatic amines is 1. The van der Waals surface area contributed by atoms with Gasteiger partial charge in [-0.1, -0.05) is 32.0 Å². The molecule has 5 heterocycles. The molecule has 1 aromatic carbocycles. The number of nitrogens with zero attached hydrogens (tertiary/aromatic N) is 5. The van der Waals surface area contributed by atoms with Gasteiger partial charge in [0.1, 0.15) is 6.04 Å². The predicted molar refractivity (Wildman–Crippen MR) is 142 cm³/mol. The Labute approximate surface area is 217 Å². The summed E-state index contributed by atoms with van der Waals surface area (Å²) >= 11 is 0. The summed E-state index contributed by atoms with van der Waals surface area (Å²) in [4.78, 5) is 37.4. The average molecular weight is 502 g/mol. The van der Waals surface area contributed by atoms with Crippen molar-refractivity contribution in [2.45, 2.75) is 63.6 Å². The first-order valence-corrected chi connectivity index (χ1v) is 13.3. The molecule has 1 atom stereocenters. The molecule has 0 bridgehead atoms. The molecule has 1 saturated heterocycles. The lowest BCUT2D eigenvalue weighted by molar-refractivity contribution is -0.134. The van der Waals surface area contributed by atoms with Gasteiger partial charge in [-0.2, -0.15) is 5.10 Å². The standard InChI is InChI=1S/C28H35N7O2/c1-28(2)18-34(17-20-16-30-32-25(20)28)26(36)24-15-22(7-11-29-24)33-12-9-21(10-13-33)35-14-8-19-5-3-4-6-23(19)31-27(35)37/h3-7,11,16,21,24H,8-10,12-15,17-18H2,1-2H3,(H,30,32)(H,31,37). The van der Waals surface area contributed by atoms with E-state index in [1.807, 2.05) is 40.3 Å². The van der Waals surface area contributed by atoms with Crippen LogP contribution in [0.1, 0.15) is 49.9 Å². The van der Waals surface area contributed by atoms with Crippen LogP contribution in [0.4, 0.5) is 10.5 Å². The lowest BCUT2D eigenvalue weighted by Gasteiger charge is -2.41. The first kappa shape index (κ1) is 23.8. The zero-order valence-electron chi connectivity index (χ0n) is 21.6. The largest absolute Gasteiger partial charge is 0.375 e. The molecule has 9 heteroatoms. The Morgan fingerprint density at radius 1 is 1.11 bits per heavy atom. The Kier molecular flexibility index (Phi) is 6.01. The van der Waals surface area contributed by atoms with E-state index < -0.39 is 6.04 Å². The van der Waals surface area contributed by atoms with E-state index in [9.17, 15) is 9.59 Å². The van der Waals surface area contributed by atoms with E-state index in [-0.39, 0.29) is 23.4 Å². The van der Waals surface area contributed by atoms with Gasteiger partial charge in [-0.25, -0.2) is 4.79 Å². The third-order valence-electron chi connectivity index (χ3n) is 8.33. The number of urea groups is 1. The van der Waals surface area contributed by atoms with Gasteiger partial charge in [-0.05, 0) is 37.0 Å². The molecule has 37 heavy (non-hydrogen) atoms. The van der Waals surface area contributed by atoms with Crippen molar-refractivity contribution in [1.82, 2.24) is 24.9 Å². The highest BCUT2D eigenvalue weighted by atomic mass is 16.2. The average Bonchev–Trinajstić information content (AvgIpc) is 3.33. The van der Waals surface area contributed by atoms with E-state index >= 15 is 0 Å². The van der Waals surface area contributed by atoms with E-state index in [0.717, 1.165) is 55.8 Å². The Hall–Kier alpha value is -3.62. The topological polar surface area (TPSA) is 96.9 Å². The second-order valence-corrected chi connectivity index (χ2v) is 11.3. The highest BCUT2D eigenvalue weighted by Crippen LogP contribution is 2.33. The molecule has 0 aliphatic carbocycles. The molecule has 1 unspecified atom stereocenters. The van der Waals surface area contributed by atoms with Crippen LogP contribution in [0, 0.1) is 0 Å². The molecule has 0 saturated carbocycles. The number of aliphatic imine (C=N–C) groups is 1. The molecule has 9 nitrogen and oxygen atoms in total. The lowest BCUT2D eigenvalue weighted by atomic mass is 9.83. The molecule has 2 N–H and O–H groups in total. The van der Waals surface area contributed by atoms with Gasteiger partial charge in [-0.3, -0.25) is 14.9 Å². The van der Waals surface area contributed by atoms with Crippen LogP contribution in [-0.4, -0.2) is 81.3 Å². The maximum Gasteiger partial charge on any atom is 0.322 e. The van der Waals surface area contributed by atoms with Crippen LogP contribution >= 0.6 is 0 Å². The number of nitrogens with one attached hydrogen (secondary N) is 2. The molecule has 4 aliphatic heterocycles. The number of benzene rings is 1. The SMILES string of the molecule is CC1(C)CN(C(=O)C2CC(N3CCC(N4CCc5ccccc5NC4=O)CC3)=CC=N2)Cc2cn[nH]c21. The predicted octanol–water partition coefficient (Wildman–Crippen LogP) is 3.31. The van der Waals surface area contributed by atoms with Gasteiger partial charge in [0.05, 0.1) is 6.20 Å². The van der Waals surface area contributed by atoms with Gasteiger partial charge in [0.15, 0.2) is 0 Å². The number of carbonyl (C=O) groups excluding carboxylic acids is 2. The van der Waals surface area contributed by atoms with Crippen LogP contribution in [0.5, 0.6) is 0 Å².